The lowest BCUT2D eigenvalue weighted by atomic mass is 10.2. The van der Waals surface area contributed by atoms with Crippen LogP contribution in [0.1, 0.15) is 10.5 Å². The number of carbonyl (C=O) groups is 2. The van der Waals surface area contributed by atoms with Gasteiger partial charge >= 0.3 is 0 Å². The van der Waals surface area contributed by atoms with E-state index in [-0.39, 0.29) is 18.4 Å². The van der Waals surface area contributed by atoms with Crippen LogP contribution in [-0.2, 0) is 4.79 Å². The Bertz CT molecular complexity index is 415. The number of carbonyl (C=O) groups excluding carboxylic acids is 2. The van der Waals surface area contributed by atoms with E-state index < -0.39 is 0 Å². The normalized spacial score (nSPS) is 15.8. The number of hydrogen-bond donors (Lipinski definition) is 2. The first-order chi connectivity index (χ1) is 7.66. The van der Waals surface area contributed by atoms with Crippen molar-refractivity contribution in [3.8, 4) is 0 Å². The van der Waals surface area contributed by atoms with E-state index >= 15 is 0 Å². The lowest BCUT2D eigenvalue weighted by Gasteiger charge is -2.26. The van der Waals surface area contributed by atoms with E-state index in [9.17, 15) is 9.59 Å². The van der Waals surface area contributed by atoms with Crippen molar-refractivity contribution >= 4 is 17.5 Å². The number of nitrogens with one attached hydrogen (secondary N) is 1. The second-order valence-corrected chi connectivity index (χ2v) is 3.55. The van der Waals surface area contributed by atoms with Gasteiger partial charge in [0.15, 0.2) is 0 Å². The molecule has 0 spiro atoms. The second-order valence-electron chi connectivity index (χ2n) is 3.55. The van der Waals surface area contributed by atoms with Gasteiger partial charge in [-0.2, -0.15) is 0 Å². The Balaban J connectivity index is 2.12. The third kappa shape index (κ3) is 2.10. The molecule has 0 radical (unpaired) electrons. The first-order valence-corrected chi connectivity index (χ1v) is 4.94. The maximum Gasteiger partial charge on any atom is 0.272 e. The summed E-state index contributed by atoms with van der Waals surface area (Å²) in [7, 11) is 0. The molecular formula is C10H12N4O2. The van der Waals surface area contributed by atoms with Crippen LogP contribution in [0.15, 0.2) is 18.3 Å². The summed E-state index contributed by atoms with van der Waals surface area (Å²) < 4.78 is 0. The zero-order valence-corrected chi connectivity index (χ0v) is 8.64. The highest BCUT2D eigenvalue weighted by molar-refractivity contribution is 5.95. The topological polar surface area (TPSA) is 88.3 Å². The molecule has 0 aromatic carbocycles. The van der Waals surface area contributed by atoms with Gasteiger partial charge in [-0.15, -0.1) is 0 Å². The standard InChI is InChI=1S/C10H12N4O2/c11-7-1-2-8(13-5-7)10(16)14-4-3-12-9(15)6-14/h1-2,5H,3-4,6,11H2,(H,12,15). The number of amides is 2. The van der Waals surface area contributed by atoms with Crippen LogP contribution in [0.2, 0.25) is 0 Å². The quantitative estimate of drug-likeness (QED) is 0.651. The SMILES string of the molecule is Nc1ccc(C(=O)N2CCNC(=O)C2)nc1. The summed E-state index contributed by atoms with van der Waals surface area (Å²) in [6, 6.07) is 3.18. The van der Waals surface area contributed by atoms with Crippen LogP contribution in [0.4, 0.5) is 5.69 Å². The zero-order valence-electron chi connectivity index (χ0n) is 8.64. The van der Waals surface area contributed by atoms with Crippen LogP contribution in [-0.4, -0.2) is 41.3 Å². The fraction of sp³-hybridized carbons (Fsp3) is 0.300. The molecule has 2 amide bonds. The Kier molecular flexibility index (Phi) is 2.72. The molecule has 1 aromatic rings. The van der Waals surface area contributed by atoms with E-state index in [4.69, 9.17) is 5.73 Å². The summed E-state index contributed by atoms with van der Waals surface area (Å²) >= 11 is 0. The van der Waals surface area contributed by atoms with Gasteiger partial charge < -0.3 is 16.0 Å². The molecule has 2 rings (SSSR count). The van der Waals surface area contributed by atoms with Gasteiger partial charge in [0.1, 0.15) is 5.69 Å². The summed E-state index contributed by atoms with van der Waals surface area (Å²) in [5, 5.41) is 2.65. The van der Waals surface area contributed by atoms with E-state index in [0.29, 0.717) is 24.5 Å². The van der Waals surface area contributed by atoms with Crippen molar-refractivity contribution in [1.82, 2.24) is 15.2 Å². The van der Waals surface area contributed by atoms with Crippen molar-refractivity contribution in [1.29, 1.82) is 0 Å². The minimum atomic E-state index is -0.241. The molecule has 3 N–H and O–H groups in total. The number of rotatable bonds is 1. The third-order valence-electron chi connectivity index (χ3n) is 2.33. The van der Waals surface area contributed by atoms with Crippen LogP contribution in [0.3, 0.4) is 0 Å². The van der Waals surface area contributed by atoms with Crippen molar-refractivity contribution in [2.24, 2.45) is 0 Å². The van der Waals surface area contributed by atoms with Crippen LogP contribution in [0, 0.1) is 0 Å². The van der Waals surface area contributed by atoms with E-state index in [0.717, 1.165) is 0 Å². The lowest BCUT2D eigenvalue weighted by molar-refractivity contribution is -0.123. The number of aromatic nitrogens is 1. The van der Waals surface area contributed by atoms with Crippen LogP contribution in [0.25, 0.3) is 0 Å². The molecule has 2 heterocycles. The Hall–Kier alpha value is -2.11. The molecule has 0 unspecified atom stereocenters. The average molecular weight is 220 g/mol. The number of pyridine rings is 1. The molecule has 0 saturated carbocycles. The van der Waals surface area contributed by atoms with Gasteiger partial charge in [0, 0.05) is 13.1 Å². The lowest BCUT2D eigenvalue weighted by Crippen LogP contribution is -2.50. The molecule has 16 heavy (non-hydrogen) atoms. The molecule has 0 aliphatic carbocycles. The molecule has 0 atom stereocenters. The number of piperazine rings is 1. The van der Waals surface area contributed by atoms with Crippen molar-refractivity contribution in [3.63, 3.8) is 0 Å². The largest absolute Gasteiger partial charge is 0.397 e. The summed E-state index contributed by atoms with van der Waals surface area (Å²) in [4.78, 5) is 28.4. The van der Waals surface area contributed by atoms with Gasteiger partial charge in [0.25, 0.3) is 5.91 Å². The van der Waals surface area contributed by atoms with E-state index in [2.05, 4.69) is 10.3 Å². The predicted octanol–water partition coefficient (Wildman–Crippen LogP) is -0.764. The van der Waals surface area contributed by atoms with Gasteiger partial charge in [-0.05, 0) is 12.1 Å². The maximum absolute atomic E-state index is 11.9. The first-order valence-electron chi connectivity index (χ1n) is 4.94. The van der Waals surface area contributed by atoms with E-state index in [1.165, 1.54) is 11.1 Å². The fourth-order valence-corrected chi connectivity index (χ4v) is 1.51. The Labute approximate surface area is 92.4 Å². The third-order valence-corrected chi connectivity index (χ3v) is 2.33. The van der Waals surface area contributed by atoms with Crippen molar-refractivity contribution in [2.45, 2.75) is 0 Å². The zero-order chi connectivity index (χ0) is 11.5. The van der Waals surface area contributed by atoms with E-state index in [1.807, 2.05) is 0 Å². The van der Waals surface area contributed by atoms with Crippen molar-refractivity contribution in [3.05, 3.63) is 24.0 Å². The Morgan fingerprint density at radius 2 is 2.31 bits per heavy atom. The monoisotopic (exact) mass is 220 g/mol. The van der Waals surface area contributed by atoms with Gasteiger partial charge in [0.05, 0.1) is 18.4 Å². The minimum Gasteiger partial charge on any atom is -0.397 e. The molecule has 6 nitrogen and oxygen atoms in total. The number of nitrogens with two attached hydrogens (primary N) is 1. The summed E-state index contributed by atoms with van der Waals surface area (Å²) in [5.74, 6) is -0.384. The summed E-state index contributed by atoms with van der Waals surface area (Å²) in [6.07, 6.45) is 1.43. The summed E-state index contributed by atoms with van der Waals surface area (Å²) in [5.41, 5.74) is 6.29. The highest BCUT2D eigenvalue weighted by Crippen LogP contribution is 2.06. The molecule has 1 saturated heterocycles. The Morgan fingerprint density at radius 1 is 1.50 bits per heavy atom. The number of anilines is 1. The van der Waals surface area contributed by atoms with Crippen molar-refractivity contribution < 1.29 is 9.59 Å². The maximum atomic E-state index is 11.9. The van der Waals surface area contributed by atoms with Gasteiger partial charge in [-0.25, -0.2) is 4.98 Å². The van der Waals surface area contributed by atoms with Gasteiger partial charge in [-0.3, -0.25) is 9.59 Å². The van der Waals surface area contributed by atoms with Crippen LogP contribution in [0.5, 0.6) is 0 Å². The number of nitrogens with zero attached hydrogens (tertiary/aromatic N) is 2. The van der Waals surface area contributed by atoms with Gasteiger partial charge in [0.2, 0.25) is 5.91 Å². The molecule has 1 aliphatic heterocycles. The van der Waals surface area contributed by atoms with Crippen LogP contribution < -0.4 is 11.1 Å². The van der Waals surface area contributed by atoms with Gasteiger partial charge in [-0.1, -0.05) is 0 Å². The highest BCUT2D eigenvalue weighted by atomic mass is 16.2. The van der Waals surface area contributed by atoms with Crippen LogP contribution >= 0.6 is 0 Å². The smallest absolute Gasteiger partial charge is 0.272 e. The van der Waals surface area contributed by atoms with Crippen molar-refractivity contribution in [2.75, 3.05) is 25.4 Å². The molecular weight excluding hydrogens is 208 g/mol. The number of hydrogen-bond acceptors (Lipinski definition) is 4. The molecule has 84 valence electrons. The predicted molar refractivity (Wildman–Crippen MR) is 57.6 cm³/mol. The molecule has 0 bridgehead atoms. The Morgan fingerprint density at radius 3 is 2.94 bits per heavy atom. The summed E-state index contributed by atoms with van der Waals surface area (Å²) in [6.45, 7) is 1.08. The second kappa shape index (κ2) is 4.18. The molecule has 1 aliphatic rings. The highest BCUT2D eigenvalue weighted by Gasteiger charge is 2.22. The average Bonchev–Trinajstić information content (AvgIpc) is 2.29. The molecule has 6 heteroatoms. The first kappa shape index (κ1) is 10.4. The van der Waals surface area contributed by atoms with E-state index in [1.54, 1.807) is 12.1 Å². The number of nitrogen functional groups attached to an aromatic ring is 1. The fourth-order valence-electron chi connectivity index (χ4n) is 1.51. The molecule has 1 fully saturated rings. The molecule has 1 aromatic heterocycles. The minimum absolute atomic E-state index is 0.0882.